The average Bonchev–Trinajstić information content (AvgIpc) is 2.62. The molecule has 0 radical (unpaired) electrons. The van der Waals surface area contributed by atoms with Gasteiger partial charge in [-0.25, -0.2) is 4.79 Å². The molecule has 25 heavy (non-hydrogen) atoms. The third-order valence-corrected chi connectivity index (χ3v) is 3.74. The number of esters is 1. The molecule has 0 aliphatic rings. The van der Waals surface area contributed by atoms with Crippen molar-refractivity contribution in [1.82, 2.24) is 0 Å². The molecule has 130 valence electrons. The largest absolute Gasteiger partial charge is 0.462 e. The first-order valence-corrected chi connectivity index (χ1v) is 8.35. The summed E-state index contributed by atoms with van der Waals surface area (Å²) in [5.74, 6) is 0.0366. The monoisotopic (exact) mass is 337 g/mol. The van der Waals surface area contributed by atoms with Crippen LogP contribution in [0.1, 0.15) is 53.0 Å². The van der Waals surface area contributed by atoms with Crippen LogP contribution in [0.2, 0.25) is 0 Å². The summed E-state index contributed by atoms with van der Waals surface area (Å²) in [5.41, 5.74) is 3.14. The number of allylic oxidation sites excluding steroid dienone is 1. The first kappa shape index (κ1) is 18.5. The van der Waals surface area contributed by atoms with Gasteiger partial charge in [0.05, 0.1) is 12.2 Å². The Hall–Kier alpha value is -2.88. The molecule has 0 saturated carbocycles. The predicted molar refractivity (Wildman–Crippen MR) is 100 cm³/mol. The Morgan fingerprint density at radius 2 is 1.60 bits per heavy atom. The molecule has 0 aliphatic carbocycles. The first-order valence-electron chi connectivity index (χ1n) is 8.35. The van der Waals surface area contributed by atoms with Crippen molar-refractivity contribution in [3.8, 4) is 0 Å². The van der Waals surface area contributed by atoms with E-state index in [4.69, 9.17) is 4.74 Å². The second-order valence-electron chi connectivity index (χ2n) is 5.92. The lowest BCUT2D eigenvalue weighted by molar-refractivity contribution is 0.0526. The molecular weight excluding hydrogens is 314 g/mol. The van der Waals surface area contributed by atoms with Gasteiger partial charge in [-0.2, -0.15) is 0 Å². The summed E-state index contributed by atoms with van der Waals surface area (Å²) in [6, 6.07) is 14.5. The molecular formula is C21H23NO3. The van der Waals surface area contributed by atoms with E-state index in [9.17, 15) is 9.59 Å². The molecule has 0 bridgehead atoms. The third kappa shape index (κ3) is 5.31. The second kappa shape index (κ2) is 8.83. The summed E-state index contributed by atoms with van der Waals surface area (Å²) >= 11 is 0. The minimum absolute atomic E-state index is 0.0639. The third-order valence-electron chi connectivity index (χ3n) is 3.74. The molecule has 4 nitrogen and oxygen atoms in total. The van der Waals surface area contributed by atoms with Gasteiger partial charge in [0, 0.05) is 23.5 Å². The molecule has 0 amide bonds. The van der Waals surface area contributed by atoms with Crippen LogP contribution in [-0.2, 0) is 4.74 Å². The van der Waals surface area contributed by atoms with Gasteiger partial charge in [-0.1, -0.05) is 38.1 Å². The second-order valence-corrected chi connectivity index (χ2v) is 5.92. The Morgan fingerprint density at radius 1 is 1.00 bits per heavy atom. The molecule has 0 spiro atoms. The molecule has 0 unspecified atom stereocenters. The van der Waals surface area contributed by atoms with Crippen LogP contribution >= 0.6 is 0 Å². The summed E-state index contributed by atoms with van der Waals surface area (Å²) in [6.07, 6.45) is 3.09. The normalized spacial score (nSPS) is 10.9. The van der Waals surface area contributed by atoms with Crippen LogP contribution in [0.25, 0.3) is 0 Å². The molecule has 0 saturated heterocycles. The number of benzene rings is 2. The summed E-state index contributed by atoms with van der Waals surface area (Å²) in [7, 11) is 0. The number of ether oxygens (including phenoxy) is 1. The smallest absolute Gasteiger partial charge is 0.338 e. The van der Waals surface area contributed by atoms with Crippen molar-refractivity contribution in [2.24, 2.45) is 0 Å². The van der Waals surface area contributed by atoms with Gasteiger partial charge in [-0.05, 0) is 42.7 Å². The van der Waals surface area contributed by atoms with Crippen LogP contribution in [0.15, 0.2) is 60.8 Å². The van der Waals surface area contributed by atoms with Crippen molar-refractivity contribution in [1.29, 1.82) is 0 Å². The zero-order chi connectivity index (χ0) is 18.2. The average molecular weight is 337 g/mol. The van der Waals surface area contributed by atoms with Crippen LogP contribution in [0, 0.1) is 0 Å². The maximum absolute atomic E-state index is 12.1. The lowest BCUT2D eigenvalue weighted by atomic mass is 10.0. The van der Waals surface area contributed by atoms with E-state index in [0.717, 1.165) is 5.69 Å². The van der Waals surface area contributed by atoms with Crippen molar-refractivity contribution in [3.05, 3.63) is 77.5 Å². The Kier molecular flexibility index (Phi) is 6.52. The van der Waals surface area contributed by atoms with E-state index in [1.54, 1.807) is 37.4 Å². The van der Waals surface area contributed by atoms with Crippen LogP contribution < -0.4 is 5.32 Å². The summed E-state index contributed by atoms with van der Waals surface area (Å²) in [6.45, 7) is 6.36. The van der Waals surface area contributed by atoms with Crippen LogP contribution in [-0.4, -0.2) is 18.4 Å². The lowest BCUT2D eigenvalue weighted by Gasteiger charge is -2.05. The summed E-state index contributed by atoms with van der Waals surface area (Å²) in [4.78, 5) is 23.7. The highest BCUT2D eigenvalue weighted by molar-refractivity contribution is 6.04. The zero-order valence-corrected chi connectivity index (χ0v) is 14.8. The number of anilines is 1. The highest BCUT2D eigenvalue weighted by Gasteiger charge is 2.05. The van der Waals surface area contributed by atoms with E-state index < -0.39 is 0 Å². The Bertz CT molecular complexity index is 744. The molecule has 2 rings (SSSR count). The minimum Gasteiger partial charge on any atom is -0.462 e. The summed E-state index contributed by atoms with van der Waals surface area (Å²) < 4.78 is 4.93. The van der Waals surface area contributed by atoms with Gasteiger partial charge in [-0.15, -0.1) is 0 Å². The van der Waals surface area contributed by atoms with Gasteiger partial charge in [0.1, 0.15) is 0 Å². The van der Waals surface area contributed by atoms with E-state index in [-0.39, 0.29) is 11.8 Å². The number of rotatable bonds is 7. The highest BCUT2D eigenvalue weighted by Crippen LogP contribution is 2.15. The maximum Gasteiger partial charge on any atom is 0.338 e. The van der Waals surface area contributed by atoms with Gasteiger partial charge in [0.25, 0.3) is 0 Å². The van der Waals surface area contributed by atoms with E-state index in [1.165, 1.54) is 11.6 Å². The van der Waals surface area contributed by atoms with Crippen molar-refractivity contribution in [3.63, 3.8) is 0 Å². The standard InChI is InChI=1S/C21H23NO3/c1-4-25-21(24)18-9-11-19(12-10-18)22-14-13-20(23)17-7-5-16(6-8-17)15(2)3/h5-15,22H,4H2,1-3H3/b14-13+. The molecule has 4 heteroatoms. The number of hydrogen-bond acceptors (Lipinski definition) is 4. The molecule has 1 N–H and O–H groups in total. The molecule has 0 fully saturated rings. The fourth-order valence-corrected chi connectivity index (χ4v) is 2.26. The Balaban J connectivity index is 1.93. The Morgan fingerprint density at radius 3 is 2.16 bits per heavy atom. The number of carbonyl (C=O) groups excluding carboxylic acids is 2. The number of carbonyl (C=O) groups is 2. The molecule has 0 atom stereocenters. The first-order chi connectivity index (χ1) is 12.0. The number of hydrogen-bond donors (Lipinski definition) is 1. The predicted octanol–water partition coefficient (Wildman–Crippen LogP) is 4.80. The molecule has 2 aromatic carbocycles. The zero-order valence-electron chi connectivity index (χ0n) is 14.8. The van der Waals surface area contributed by atoms with Crippen molar-refractivity contribution < 1.29 is 14.3 Å². The van der Waals surface area contributed by atoms with Crippen LogP contribution in [0.3, 0.4) is 0 Å². The Labute approximate surface area is 148 Å². The van der Waals surface area contributed by atoms with Gasteiger partial charge < -0.3 is 10.1 Å². The number of ketones is 1. The van der Waals surface area contributed by atoms with Crippen molar-refractivity contribution >= 4 is 17.4 Å². The molecule has 0 heterocycles. The molecule has 0 aromatic heterocycles. The summed E-state index contributed by atoms with van der Waals surface area (Å²) in [5, 5.41) is 3.02. The van der Waals surface area contributed by atoms with Gasteiger partial charge in [0.15, 0.2) is 5.78 Å². The van der Waals surface area contributed by atoms with Crippen molar-refractivity contribution in [2.45, 2.75) is 26.7 Å². The fraction of sp³-hybridized carbons (Fsp3) is 0.238. The topological polar surface area (TPSA) is 55.4 Å². The molecule has 2 aromatic rings. The lowest BCUT2D eigenvalue weighted by Crippen LogP contribution is -2.04. The van der Waals surface area contributed by atoms with Crippen LogP contribution in [0.5, 0.6) is 0 Å². The van der Waals surface area contributed by atoms with Crippen molar-refractivity contribution in [2.75, 3.05) is 11.9 Å². The quantitative estimate of drug-likeness (QED) is 0.448. The fourth-order valence-electron chi connectivity index (χ4n) is 2.26. The minimum atomic E-state index is -0.343. The van der Waals surface area contributed by atoms with E-state index in [1.807, 2.05) is 24.3 Å². The number of nitrogens with one attached hydrogen (secondary N) is 1. The van der Waals surface area contributed by atoms with Gasteiger partial charge in [0.2, 0.25) is 0 Å². The highest BCUT2D eigenvalue weighted by atomic mass is 16.5. The SMILES string of the molecule is CCOC(=O)c1ccc(N/C=C/C(=O)c2ccc(C(C)C)cc2)cc1. The van der Waals surface area contributed by atoms with E-state index >= 15 is 0 Å². The van der Waals surface area contributed by atoms with Gasteiger partial charge >= 0.3 is 5.97 Å². The maximum atomic E-state index is 12.1. The molecule has 0 aliphatic heterocycles. The van der Waals surface area contributed by atoms with E-state index in [2.05, 4.69) is 19.2 Å². The van der Waals surface area contributed by atoms with Gasteiger partial charge in [-0.3, -0.25) is 4.79 Å². The van der Waals surface area contributed by atoms with Crippen LogP contribution in [0.4, 0.5) is 5.69 Å². The van der Waals surface area contributed by atoms with E-state index in [0.29, 0.717) is 23.7 Å².